The first-order valence-corrected chi connectivity index (χ1v) is 7.63. The van der Waals surface area contributed by atoms with Crippen molar-refractivity contribution in [3.8, 4) is 0 Å². The van der Waals surface area contributed by atoms with Crippen molar-refractivity contribution in [1.82, 2.24) is 0 Å². The Morgan fingerprint density at radius 3 is 2.09 bits per heavy atom. The minimum Gasteiger partial charge on any atom is -0.412 e. The van der Waals surface area contributed by atoms with Crippen molar-refractivity contribution in [2.24, 2.45) is 0 Å². The van der Waals surface area contributed by atoms with Crippen LogP contribution in [0.5, 0.6) is 0 Å². The van der Waals surface area contributed by atoms with Crippen molar-refractivity contribution in [1.29, 1.82) is 0 Å². The second-order valence-corrected chi connectivity index (χ2v) is 8.37. The van der Waals surface area contributed by atoms with Crippen molar-refractivity contribution in [2.75, 3.05) is 0 Å². The van der Waals surface area contributed by atoms with Crippen molar-refractivity contribution in [2.45, 2.75) is 52.1 Å². The zero-order valence-electron chi connectivity index (χ0n) is 8.22. The maximum Gasteiger partial charge on any atom is 0.184 e. The summed E-state index contributed by atoms with van der Waals surface area (Å²) in [6, 6.07) is 0. The molecule has 0 heterocycles. The Hall–Kier alpha value is 0.137. The van der Waals surface area contributed by atoms with Crippen molar-refractivity contribution >= 4 is 8.32 Å². The van der Waals surface area contributed by atoms with Crippen LogP contribution in [0.15, 0.2) is 0 Å². The van der Waals surface area contributed by atoms with Gasteiger partial charge in [0.05, 0.1) is 12.2 Å². The van der Waals surface area contributed by atoms with E-state index in [0.29, 0.717) is 0 Å². The lowest BCUT2D eigenvalue weighted by Crippen LogP contribution is -2.36. The lowest BCUT2D eigenvalue weighted by Gasteiger charge is -2.26. The van der Waals surface area contributed by atoms with E-state index in [1.807, 2.05) is 13.8 Å². The van der Waals surface area contributed by atoms with Crippen LogP contribution in [0.25, 0.3) is 0 Å². The highest BCUT2D eigenvalue weighted by Gasteiger charge is 2.21. The minimum atomic E-state index is -1.46. The standard InChI is InChI=1S/C8H20O2Si/c1-6-8(9)7(2)10-11(3,4)5/h7-9H,6H2,1-5H3. The molecule has 68 valence electrons. The van der Waals surface area contributed by atoms with Crippen LogP contribution in [-0.2, 0) is 4.43 Å². The molecule has 0 rings (SSSR count). The predicted molar refractivity (Wildman–Crippen MR) is 50.2 cm³/mol. The van der Waals surface area contributed by atoms with E-state index in [1.165, 1.54) is 0 Å². The first kappa shape index (κ1) is 11.1. The Morgan fingerprint density at radius 1 is 1.36 bits per heavy atom. The Kier molecular flexibility index (Phi) is 4.29. The van der Waals surface area contributed by atoms with Crippen LogP contribution >= 0.6 is 0 Å². The number of hydrogen-bond donors (Lipinski definition) is 1. The summed E-state index contributed by atoms with van der Waals surface area (Å²) in [5, 5.41) is 9.39. The van der Waals surface area contributed by atoms with Crippen LogP contribution in [0.2, 0.25) is 19.6 Å². The summed E-state index contributed by atoms with van der Waals surface area (Å²) in [6.45, 7) is 10.3. The number of aliphatic hydroxyl groups excluding tert-OH is 1. The topological polar surface area (TPSA) is 29.5 Å². The Morgan fingerprint density at radius 2 is 1.82 bits per heavy atom. The first-order chi connectivity index (χ1) is 4.87. The zero-order valence-corrected chi connectivity index (χ0v) is 9.22. The van der Waals surface area contributed by atoms with Crippen molar-refractivity contribution in [3.63, 3.8) is 0 Å². The molecule has 1 N–H and O–H groups in total. The molecular weight excluding hydrogens is 156 g/mol. The van der Waals surface area contributed by atoms with Gasteiger partial charge in [-0.25, -0.2) is 0 Å². The van der Waals surface area contributed by atoms with Crippen LogP contribution in [-0.4, -0.2) is 25.6 Å². The molecule has 3 heteroatoms. The van der Waals surface area contributed by atoms with Crippen molar-refractivity contribution in [3.05, 3.63) is 0 Å². The molecule has 0 aromatic rings. The van der Waals surface area contributed by atoms with Gasteiger partial charge in [0, 0.05) is 0 Å². The fourth-order valence-electron chi connectivity index (χ4n) is 0.968. The molecular formula is C8H20O2Si. The van der Waals surface area contributed by atoms with E-state index in [9.17, 15) is 5.11 Å². The van der Waals surface area contributed by atoms with Crippen LogP contribution in [0.1, 0.15) is 20.3 Å². The molecule has 2 nitrogen and oxygen atoms in total. The van der Waals surface area contributed by atoms with Gasteiger partial charge in [-0.1, -0.05) is 6.92 Å². The summed E-state index contributed by atoms with van der Waals surface area (Å²) >= 11 is 0. The summed E-state index contributed by atoms with van der Waals surface area (Å²) in [7, 11) is -1.46. The normalized spacial score (nSPS) is 18.0. The fourth-order valence-corrected chi connectivity index (χ4v) is 2.24. The summed E-state index contributed by atoms with van der Waals surface area (Å²) in [5.74, 6) is 0. The molecule has 0 aliphatic carbocycles. The molecule has 0 saturated heterocycles. The van der Waals surface area contributed by atoms with E-state index in [4.69, 9.17) is 4.43 Å². The highest BCUT2D eigenvalue weighted by molar-refractivity contribution is 6.69. The number of rotatable bonds is 4. The Balaban J connectivity index is 3.77. The predicted octanol–water partition coefficient (Wildman–Crippen LogP) is 2.00. The lowest BCUT2D eigenvalue weighted by molar-refractivity contribution is 0.0406. The average molecular weight is 176 g/mol. The highest BCUT2D eigenvalue weighted by Crippen LogP contribution is 2.11. The quantitative estimate of drug-likeness (QED) is 0.664. The molecule has 0 aromatic heterocycles. The van der Waals surface area contributed by atoms with Gasteiger partial charge < -0.3 is 9.53 Å². The fraction of sp³-hybridized carbons (Fsp3) is 1.00. The third-order valence-corrected chi connectivity index (χ3v) is 2.58. The van der Waals surface area contributed by atoms with Crippen LogP contribution < -0.4 is 0 Å². The number of aliphatic hydroxyl groups is 1. The van der Waals surface area contributed by atoms with Crippen LogP contribution in [0.4, 0.5) is 0 Å². The summed E-state index contributed by atoms with van der Waals surface area (Å²) in [4.78, 5) is 0. The maximum atomic E-state index is 9.39. The molecule has 0 radical (unpaired) electrons. The molecule has 0 bridgehead atoms. The zero-order chi connectivity index (χ0) is 9.07. The molecule has 2 atom stereocenters. The molecule has 0 spiro atoms. The Bertz CT molecular complexity index is 109. The van der Waals surface area contributed by atoms with Gasteiger partial charge in [0.2, 0.25) is 0 Å². The van der Waals surface area contributed by atoms with E-state index in [0.717, 1.165) is 6.42 Å². The van der Waals surface area contributed by atoms with Gasteiger partial charge in [0.1, 0.15) is 0 Å². The third-order valence-electron chi connectivity index (χ3n) is 1.50. The molecule has 0 aliphatic rings. The minimum absolute atomic E-state index is 0.00772. The van der Waals surface area contributed by atoms with Crippen molar-refractivity contribution < 1.29 is 9.53 Å². The average Bonchev–Trinajstić information content (AvgIpc) is 1.82. The molecule has 11 heavy (non-hydrogen) atoms. The van der Waals surface area contributed by atoms with Gasteiger partial charge in [-0.2, -0.15) is 0 Å². The van der Waals surface area contributed by atoms with Gasteiger partial charge in [-0.15, -0.1) is 0 Å². The molecule has 0 aromatic carbocycles. The summed E-state index contributed by atoms with van der Waals surface area (Å²) < 4.78 is 5.68. The van der Waals surface area contributed by atoms with E-state index in [1.54, 1.807) is 0 Å². The highest BCUT2D eigenvalue weighted by atomic mass is 28.4. The monoisotopic (exact) mass is 176 g/mol. The molecule has 0 amide bonds. The van der Waals surface area contributed by atoms with Gasteiger partial charge in [0.25, 0.3) is 0 Å². The molecule has 0 fully saturated rings. The van der Waals surface area contributed by atoms with E-state index in [2.05, 4.69) is 19.6 Å². The van der Waals surface area contributed by atoms with Gasteiger partial charge in [-0.3, -0.25) is 0 Å². The van der Waals surface area contributed by atoms with Gasteiger partial charge in [0.15, 0.2) is 8.32 Å². The lowest BCUT2D eigenvalue weighted by atomic mass is 10.2. The smallest absolute Gasteiger partial charge is 0.184 e. The van der Waals surface area contributed by atoms with E-state index in [-0.39, 0.29) is 12.2 Å². The van der Waals surface area contributed by atoms with E-state index < -0.39 is 8.32 Å². The molecule has 0 aliphatic heterocycles. The van der Waals surface area contributed by atoms with Crippen LogP contribution in [0, 0.1) is 0 Å². The van der Waals surface area contributed by atoms with Crippen LogP contribution in [0.3, 0.4) is 0 Å². The summed E-state index contributed by atoms with van der Waals surface area (Å²) in [6.07, 6.45) is 0.458. The van der Waals surface area contributed by atoms with Gasteiger partial charge in [-0.05, 0) is 33.0 Å². The second kappa shape index (κ2) is 4.23. The third kappa shape index (κ3) is 5.41. The SMILES string of the molecule is CCC(O)C(C)O[Si](C)(C)C. The first-order valence-electron chi connectivity index (χ1n) is 4.22. The largest absolute Gasteiger partial charge is 0.412 e. The van der Waals surface area contributed by atoms with E-state index >= 15 is 0 Å². The second-order valence-electron chi connectivity index (χ2n) is 3.91. The van der Waals surface area contributed by atoms with Gasteiger partial charge >= 0.3 is 0 Å². The Labute approximate surface area is 70.7 Å². The molecule has 0 saturated carbocycles. The number of hydrogen-bond acceptors (Lipinski definition) is 2. The molecule has 2 unspecified atom stereocenters. The summed E-state index contributed by atoms with van der Waals surface area (Å²) in [5.41, 5.74) is 0. The maximum absolute atomic E-state index is 9.39.